The Balaban J connectivity index is 1.62. The number of benzene rings is 2. The van der Waals surface area contributed by atoms with Crippen LogP contribution in [0.2, 0.25) is 15.1 Å². The van der Waals surface area contributed by atoms with Crippen LogP contribution in [0.25, 0.3) is 11.0 Å². The molecule has 0 radical (unpaired) electrons. The van der Waals surface area contributed by atoms with Crippen LogP contribution in [-0.4, -0.2) is 12.5 Å². The van der Waals surface area contributed by atoms with Crippen LogP contribution in [0.5, 0.6) is 5.75 Å². The lowest BCUT2D eigenvalue weighted by Gasteiger charge is -2.13. The molecule has 1 unspecified atom stereocenters. The van der Waals surface area contributed by atoms with Gasteiger partial charge in [-0.2, -0.15) is 0 Å². The van der Waals surface area contributed by atoms with Gasteiger partial charge in [-0.05, 0) is 31.2 Å². The predicted octanol–water partition coefficient (Wildman–Crippen LogP) is 5.65. The van der Waals surface area contributed by atoms with E-state index in [9.17, 15) is 4.79 Å². The van der Waals surface area contributed by atoms with E-state index in [1.807, 2.05) is 37.3 Å². The topological polar surface area (TPSA) is 51.5 Å². The fourth-order valence-corrected chi connectivity index (χ4v) is 3.30. The van der Waals surface area contributed by atoms with Crippen molar-refractivity contribution < 1.29 is 13.9 Å². The molecular weight excluding hydrogens is 385 g/mol. The molecule has 4 nitrogen and oxygen atoms in total. The van der Waals surface area contributed by atoms with Crippen LogP contribution < -0.4 is 10.1 Å². The predicted molar refractivity (Wildman–Crippen MR) is 99.7 cm³/mol. The highest BCUT2D eigenvalue weighted by Crippen LogP contribution is 2.35. The molecular formula is C18H14Cl3NO3. The summed E-state index contributed by atoms with van der Waals surface area (Å²) in [5, 5.41) is 4.67. The average Bonchev–Trinajstić information content (AvgIpc) is 2.98. The van der Waals surface area contributed by atoms with Gasteiger partial charge in [-0.3, -0.25) is 4.79 Å². The Morgan fingerprint density at radius 1 is 1.16 bits per heavy atom. The van der Waals surface area contributed by atoms with Crippen molar-refractivity contribution >= 4 is 51.7 Å². The van der Waals surface area contributed by atoms with Gasteiger partial charge in [-0.1, -0.05) is 53.0 Å². The lowest BCUT2D eigenvalue weighted by atomic mass is 10.2. The second-order valence-electron chi connectivity index (χ2n) is 5.46. The van der Waals surface area contributed by atoms with E-state index in [0.29, 0.717) is 10.8 Å². The number of hydrogen-bond donors (Lipinski definition) is 1. The fraction of sp³-hybridized carbons (Fsp3) is 0.167. The molecule has 3 aromatic rings. The molecule has 2 aromatic carbocycles. The van der Waals surface area contributed by atoms with Gasteiger partial charge in [0, 0.05) is 10.4 Å². The van der Waals surface area contributed by atoms with E-state index in [2.05, 4.69) is 5.32 Å². The molecule has 1 aromatic heterocycles. The Morgan fingerprint density at radius 3 is 2.52 bits per heavy atom. The number of nitrogens with one attached hydrogen (secondary N) is 1. The number of carbonyl (C=O) groups excluding carboxylic acids is 1. The van der Waals surface area contributed by atoms with Gasteiger partial charge in [-0.25, -0.2) is 0 Å². The minimum absolute atomic E-state index is 0.222. The molecule has 0 aliphatic heterocycles. The van der Waals surface area contributed by atoms with E-state index in [0.717, 1.165) is 11.0 Å². The van der Waals surface area contributed by atoms with Crippen LogP contribution in [0.3, 0.4) is 0 Å². The summed E-state index contributed by atoms with van der Waals surface area (Å²) >= 11 is 17.9. The summed E-state index contributed by atoms with van der Waals surface area (Å²) in [6.07, 6.45) is 0. The van der Waals surface area contributed by atoms with Crippen molar-refractivity contribution in [1.29, 1.82) is 0 Å². The lowest BCUT2D eigenvalue weighted by molar-refractivity contribution is -0.123. The van der Waals surface area contributed by atoms with Crippen molar-refractivity contribution in [3.8, 4) is 5.75 Å². The van der Waals surface area contributed by atoms with Crippen LogP contribution in [0.1, 0.15) is 18.7 Å². The standard InChI is InChI=1S/C18H14Cl3NO3/c1-10(16-6-11-4-2-3-5-15(11)25-16)22-17(23)9-24-18-13(20)7-12(19)8-14(18)21/h2-8,10H,9H2,1H3,(H,22,23). The van der Waals surface area contributed by atoms with Crippen molar-refractivity contribution in [2.45, 2.75) is 13.0 Å². The fourth-order valence-electron chi connectivity index (χ4n) is 2.37. The first-order valence-corrected chi connectivity index (χ1v) is 8.62. The summed E-state index contributed by atoms with van der Waals surface area (Å²) < 4.78 is 11.1. The minimum atomic E-state index is -0.324. The second-order valence-corrected chi connectivity index (χ2v) is 6.71. The third-order valence-electron chi connectivity index (χ3n) is 3.56. The zero-order valence-corrected chi connectivity index (χ0v) is 15.5. The van der Waals surface area contributed by atoms with Crippen LogP contribution >= 0.6 is 34.8 Å². The molecule has 25 heavy (non-hydrogen) atoms. The average molecular weight is 399 g/mol. The van der Waals surface area contributed by atoms with Crippen molar-refractivity contribution in [3.05, 3.63) is 63.3 Å². The van der Waals surface area contributed by atoms with Gasteiger partial charge in [0.2, 0.25) is 0 Å². The van der Waals surface area contributed by atoms with Crippen LogP contribution in [-0.2, 0) is 4.79 Å². The molecule has 1 amide bonds. The van der Waals surface area contributed by atoms with Gasteiger partial charge in [-0.15, -0.1) is 0 Å². The molecule has 1 atom stereocenters. The molecule has 0 aliphatic carbocycles. The number of para-hydroxylation sites is 1. The van der Waals surface area contributed by atoms with Gasteiger partial charge in [0.1, 0.15) is 11.3 Å². The zero-order chi connectivity index (χ0) is 18.0. The largest absolute Gasteiger partial charge is 0.481 e. The van der Waals surface area contributed by atoms with Gasteiger partial charge in [0.15, 0.2) is 12.4 Å². The van der Waals surface area contributed by atoms with Crippen molar-refractivity contribution in [2.75, 3.05) is 6.61 Å². The van der Waals surface area contributed by atoms with Gasteiger partial charge in [0.05, 0.1) is 16.1 Å². The monoisotopic (exact) mass is 397 g/mol. The number of furan rings is 1. The first-order valence-electron chi connectivity index (χ1n) is 7.49. The van der Waals surface area contributed by atoms with Crippen molar-refractivity contribution in [2.24, 2.45) is 0 Å². The number of carbonyl (C=O) groups is 1. The third kappa shape index (κ3) is 4.21. The molecule has 130 valence electrons. The van der Waals surface area contributed by atoms with E-state index >= 15 is 0 Å². The number of hydrogen-bond acceptors (Lipinski definition) is 3. The van der Waals surface area contributed by atoms with Crippen LogP contribution in [0.4, 0.5) is 0 Å². The highest BCUT2D eigenvalue weighted by molar-refractivity contribution is 6.40. The normalized spacial score (nSPS) is 12.2. The maximum atomic E-state index is 12.1. The van der Waals surface area contributed by atoms with Gasteiger partial charge < -0.3 is 14.5 Å². The molecule has 1 heterocycles. The molecule has 0 aliphatic rings. The van der Waals surface area contributed by atoms with Gasteiger partial charge in [0.25, 0.3) is 5.91 Å². The number of rotatable bonds is 5. The number of amides is 1. The maximum absolute atomic E-state index is 12.1. The van der Waals surface area contributed by atoms with E-state index in [4.69, 9.17) is 44.0 Å². The third-order valence-corrected chi connectivity index (χ3v) is 4.34. The summed E-state index contributed by atoms with van der Waals surface area (Å²) in [5.74, 6) is 0.562. The highest BCUT2D eigenvalue weighted by atomic mass is 35.5. The van der Waals surface area contributed by atoms with Gasteiger partial charge >= 0.3 is 0 Å². The summed E-state index contributed by atoms with van der Waals surface area (Å²) in [5.41, 5.74) is 0.773. The molecule has 1 N–H and O–H groups in total. The number of ether oxygens (including phenoxy) is 1. The summed E-state index contributed by atoms with van der Waals surface area (Å²) in [4.78, 5) is 12.1. The zero-order valence-electron chi connectivity index (χ0n) is 13.2. The Hall–Kier alpha value is -1.88. The molecule has 7 heteroatoms. The van der Waals surface area contributed by atoms with Crippen molar-refractivity contribution in [3.63, 3.8) is 0 Å². The molecule has 0 saturated heterocycles. The molecule has 0 saturated carbocycles. The minimum Gasteiger partial charge on any atom is -0.481 e. The SMILES string of the molecule is CC(NC(=O)COc1c(Cl)cc(Cl)cc1Cl)c1cc2ccccc2o1. The first-order chi connectivity index (χ1) is 11.9. The summed E-state index contributed by atoms with van der Waals surface area (Å²) in [6.45, 7) is 1.60. The quantitative estimate of drug-likeness (QED) is 0.604. The first kappa shape index (κ1) is 17.9. The highest BCUT2D eigenvalue weighted by Gasteiger charge is 2.16. The Morgan fingerprint density at radius 2 is 1.84 bits per heavy atom. The molecule has 0 bridgehead atoms. The van der Waals surface area contributed by atoms with Crippen molar-refractivity contribution in [1.82, 2.24) is 5.32 Å². The molecule has 0 fully saturated rings. The molecule has 0 spiro atoms. The van der Waals surface area contributed by atoms with E-state index in [-0.39, 0.29) is 34.4 Å². The lowest BCUT2D eigenvalue weighted by Crippen LogP contribution is -2.31. The summed E-state index contributed by atoms with van der Waals surface area (Å²) in [6, 6.07) is 12.2. The number of halogens is 3. The van der Waals surface area contributed by atoms with E-state index in [1.165, 1.54) is 12.1 Å². The van der Waals surface area contributed by atoms with E-state index in [1.54, 1.807) is 0 Å². The smallest absolute Gasteiger partial charge is 0.258 e. The Labute approximate surface area is 159 Å². The Kier molecular flexibility index (Phi) is 5.42. The maximum Gasteiger partial charge on any atom is 0.258 e. The summed E-state index contributed by atoms with van der Waals surface area (Å²) in [7, 11) is 0. The van der Waals surface area contributed by atoms with Crippen LogP contribution in [0.15, 0.2) is 46.9 Å². The van der Waals surface area contributed by atoms with E-state index < -0.39 is 0 Å². The molecule has 3 rings (SSSR count). The van der Waals surface area contributed by atoms with Crippen LogP contribution in [0, 0.1) is 0 Å². The Bertz CT molecular complexity index is 867. The second kappa shape index (κ2) is 7.56. The number of fused-ring (bicyclic) bond motifs is 1.